The zero-order valence-electron chi connectivity index (χ0n) is 16.9. The van der Waals surface area contributed by atoms with Gasteiger partial charge >= 0.3 is 0 Å². The van der Waals surface area contributed by atoms with E-state index in [0.29, 0.717) is 63.8 Å². The molecule has 2 saturated heterocycles. The highest BCUT2D eigenvalue weighted by atomic mass is 16.7. The summed E-state index contributed by atoms with van der Waals surface area (Å²) < 4.78 is 23.5. The molecule has 0 atom stereocenters. The first kappa shape index (κ1) is 21.3. The van der Waals surface area contributed by atoms with E-state index in [-0.39, 0.29) is 41.8 Å². The van der Waals surface area contributed by atoms with Crippen molar-refractivity contribution in [2.24, 2.45) is 5.41 Å². The van der Waals surface area contributed by atoms with E-state index in [2.05, 4.69) is 29.9 Å². The Balaban J connectivity index is 1.19. The van der Waals surface area contributed by atoms with Crippen molar-refractivity contribution < 1.29 is 18.9 Å². The van der Waals surface area contributed by atoms with Gasteiger partial charge in [-0.05, 0) is 0 Å². The van der Waals surface area contributed by atoms with Crippen LogP contribution in [0.4, 0.5) is 23.8 Å². The van der Waals surface area contributed by atoms with E-state index in [1.165, 1.54) is 0 Å². The zero-order chi connectivity index (χ0) is 21.8. The molecule has 2 aromatic rings. The Morgan fingerprint density at radius 2 is 0.903 bits per heavy atom. The lowest BCUT2D eigenvalue weighted by atomic mass is 9.90. The van der Waals surface area contributed by atoms with Crippen molar-refractivity contribution in [2.45, 2.75) is 38.3 Å². The van der Waals surface area contributed by atoms with Crippen LogP contribution in [-0.2, 0) is 31.8 Å². The van der Waals surface area contributed by atoms with Gasteiger partial charge in [0.05, 0.1) is 31.8 Å². The highest BCUT2D eigenvalue weighted by Crippen LogP contribution is 2.32. The fraction of sp³-hybridized carbons (Fsp3) is 0.647. The summed E-state index contributed by atoms with van der Waals surface area (Å²) in [6.07, 6.45) is 1.42. The summed E-state index contributed by atoms with van der Waals surface area (Å²) in [6.45, 7) is 1.86. The normalized spacial score (nSPS) is 26.2. The fourth-order valence-electron chi connectivity index (χ4n) is 3.39. The molecule has 168 valence electrons. The number of hydrogen-bond acceptors (Lipinski definition) is 14. The Bertz CT molecular complexity index is 783. The Kier molecular flexibility index (Phi) is 6.22. The quantitative estimate of drug-likeness (QED) is 0.414. The number of anilines is 4. The van der Waals surface area contributed by atoms with Gasteiger partial charge in [0.25, 0.3) is 0 Å². The van der Waals surface area contributed by atoms with Crippen molar-refractivity contribution in [3.8, 4) is 0 Å². The van der Waals surface area contributed by atoms with Crippen LogP contribution in [0.1, 0.15) is 24.5 Å². The average molecular weight is 434 g/mol. The van der Waals surface area contributed by atoms with Crippen LogP contribution in [0.2, 0.25) is 0 Å². The first-order valence-electron chi connectivity index (χ1n) is 9.87. The third-order valence-corrected chi connectivity index (χ3v) is 4.94. The average Bonchev–Trinajstić information content (AvgIpc) is 2.72. The van der Waals surface area contributed by atoms with Gasteiger partial charge < -0.3 is 41.9 Å². The summed E-state index contributed by atoms with van der Waals surface area (Å²) in [5.41, 5.74) is 22.0. The van der Waals surface area contributed by atoms with Gasteiger partial charge in [0.15, 0.2) is 12.6 Å². The minimum Gasteiger partial charge on any atom is -0.368 e. The molecule has 14 nitrogen and oxygen atoms in total. The third-order valence-electron chi connectivity index (χ3n) is 4.94. The standard InChI is InChI=1S/C17H26N10O4/c18-13-22-9(23-14(19)26-13)1-3-11-28-5-17(6-29-11)7-30-12(31-8-17)4-2-10-24-15(20)27-16(21)25-10/h11-12H,1-8H2,(H4,18,19,22,23,26)(H4,20,21,24,25,27). The maximum Gasteiger partial charge on any atom is 0.225 e. The Morgan fingerprint density at radius 3 is 1.23 bits per heavy atom. The molecule has 0 bridgehead atoms. The van der Waals surface area contributed by atoms with E-state index >= 15 is 0 Å². The van der Waals surface area contributed by atoms with Crippen LogP contribution in [0.5, 0.6) is 0 Å². The van der Waals surface area contributed by atoms with Crippen molar-refractivity contribution in [1.82, 2.24) is 29.9 Å². The molecule has 0 unspecified atom stereocenters. The molecule has 1 spiro atoms. The monoisotopic (exact) mass is 434 g/mol. The minimum atomic E-state index is -0.373. The molecule has 0 radical (unpaired) electrons. The SMILES string of the molecule is Nc1nc(N)nc(CCC2OCC3(CO2)COC(CCc2nc(N)nc(N)n2)OC3)n1. The van der Waals surface area contributed by atoms with Gasteiger partial charge in [0.1, 0.15) is 11.6 Å². The Hall–Kier alpha value is -2.94. The van der Waals surface area contributed by atoms with Gasteiger partial charge in [-0.25, -0.2) is 0 Å². The molecule has 4 rings (SSSR count). The van der Waals surface area contributed by atoms with Gasteiger partial charge in [-0.15, -0.1) is 0 Å². The number of aryl methyl sites for hydroxylation is 2. The summed E-state index contributed by atoms with van der Waals surface area (Å²) in [4.78, 5) is 23.7. The molecule has 2 aromatic heterocycles. The van der Waals surface area contributed by atoms with Crippen LogP contribution < -0.4 is 22.9 Å². The summed E-state index contributed by atoms with van der Waals surface area (Å²) in [7, 11) is 0. The second-order valence-electron chi connectivity index (χ2n) is 7.62. The van der Waals surface area contributed by atoms with Crippen molar-refractivity contribution >= 4 is 23.8 Å². The minimum absolute atomic E-state index is 0.0976. The van der Waals surface area contributed by atoms with E-state index in [4.69, 9.17) is 41.9 Å². The molecule has 0 aliphatic carbocycles. The van der Waals surface area contributed by atoms with E-state index in [9.17, 15) is 0 Å². The number of nitrogen functional groups attached to an aromatic ring is 4. The van der Waals surface area contributed by atoms with E-state index < -0.39 is 0 Å². The number of rotatable bonds is 6. The largest absolute Gasteiger partial charge is 0.368 e. The number of hydrogen-bond donors (Lipinski definition) is 4. The highest BCUT2D eigenvalue weighted by Gasteiger charge is 2.41. The maximum atomic E-state index is 5.87. The summed E-state index contributed by atoms with van der Waals surface area (Å²) in [5.74, 6) is 1.40. The second kappa shape index (κ2) is 9.05. The van der Waals surface area contributed by atoms with Crippen LogP contribution in [0.3, 0.4) is 0 Å². The lowest BCUT2D eigenvalue weighted by Crippen LogP contribution is -2.52. The van der Waals surface area contributed by atoms with Crippen molar-refractivity contribution in [3.05, 3.63) is 11.6 Å². The predicted molar refractivity (Wildman–Crippen MR) is 108 cm³/mol. The van der Waals surface area contributed by atoms with Gasteiger partial charge in [-0.3, -0.25) is 0 Å². The highest BCUT2D eigenvalue weighted by molar-refractivity contribution is 5.26. The lowest BCUT2D eigenvalue weighted by molar-refractivity contribution is -0.303. The maximum absolute atomic E-state index is 5.87. The molecule has 0 amide bonds. The number of nitrogens with two attached hydrogens (primary N) is 4. The number of ether oxygens (including phenoxy) is 4. The zero-order valence-corrected chi connectivity index (χ0v) is 16.9. The Labute approximate surface area is 178 Å². The Morgan fingerprint density at radius 1 is 0.581 bits per heavy atom. The van der Waals surface area contributed by atoms with Gasteiger partial charge in [0.2, 0.25) is 23.8 Å². The van der Waals surface area contributed by atoms with Gasteiger partial charge in [-0.1, -0.05) is 0 Å². The molecular weight excluding hydrogens is 408 g/mol. The van der Waals surface area contributed by atoms with E-state index in [0.717, 1.165) is 0 Å². The molecule has 14 heteroatoms. The molecule has 0 saturated carbocycles. The number of nitrogens with zero attached hydrogens (tertiary/aromatic N) is 6. The molecule has 0 aromatic carbocycles. The molecule has 8 N–H and O–H groups in total. The van der Waals surface area contributed by atoms with Crippen LogP contribution in [-0.4, -0.2) is 68.9 Å². The lowest BCUT2D eigenvalue weighted by Gasteiger charge is -2.43. The van der Waals surface area contributed by atoms with Gasteiger partial charge in [-0.2, -0.15) is 29.9 Å². The van der Waals surface area contributed by atoms with Crippen LogP contribution in [0, 0.1) is 5.41 Å². The summed E-state index contributed by atoms with van der Waals surface area (Å²) in [6, 6.07) is 0. The molecule has 31 heavy (non-hydrogen) atoms. The summed E-state index contributed by atoms with van der Waals surface area (Å²) >= 11 is 0. The third kappa shape index (κ3) is 5.61. The molecular formula is C17H26N10O4. The van der Waals surface area contributed by atoms with Crippen molar-refractivity contribution in [3.63, 3.8) is 0 Å². The van der Waals surface area contributed by atoms with Gasteiger partial charge in [0, 0.05) is 25.7 Å². The molecule has 2 aliphatic rings. The van der Waals surface area contributed by atoms with Crippen molar-refractivity contribution in [2.75, 3.05) is 49.4 Å². The van der Waals surface area contributed by atoms with E-state index in [1.54, 1.807) is 0 Å². The summed E-state index contributed by atoms with van der Waals surface area (Å²) in [5, 5.41) is 0. The number of aromatic nitrogens is 6. The van der Waals surface area contributed by atoms with Crippen LogP contribution in [0.25, 0.3) is 0 Å². The first-order chi connectivity index (χ1) is 14.9. The topological polar surface area (TPSA) is 218 Å². The van der Waals surface area contributed by atoms with Crippen LogP contribution in [0.15, 0.2) is 0 Å². The van der Waals surface area contributed by atoms with Crippen molar-refractivity contribution in [1.29, 1.82) is 0 Å². The van der Waals surface area contributed by atoms with E-state index in [1.807, 2.05) is 0 Å². The molecule has 2 fully saturated rings. The van der Waals surface area contributed by atoms with Crippen LogP contribution >= 0.6 is 0 Å². The predicted octanol–water partition coefficient (Wildman–Crippen LogP) is -1.32. The first-order valence-corrected chi connectivity index (χ1v) is 9.87. The smallest absolute Gasteiger partial charge is 0.225 e. The molecule has 2 aliphatic heterocycles. The molecule has 4 heterocycles. The second-order valence-corrected chi connectivity index (χ2v) is 7.62. The fourth-order valence-corrected chi connectivity index (χ4v) is 3.39.